The van der Waals surface area contributed by atoms with E-state index in [4.69, 9.17) is 13.7 Å². The molecule has 2 rings (SSSR count). The van der Waals surface area contributed by atoms with Gasteiger partial charge in [-0.05, 0) is 31.9 Å². The Morgan fingerprint density at radius 3 is 2.71 bits per heavy atom. The molecule has 0 radical (unpaired) electrons. The van der Waals surface area contributed by atoms with E-state index in [2.05, 4.69) is 6.58 Å². The van der Waals surface area contributed by atoms with Gasteiger partial charge < -0.3 is 9.47 Å². The van der Waals surface area contributed by atoms with Gasteiger partial charge in [0.15, 0.2) is 0 Å². The van der Waals surface area contributed by atoms with Crippen LogP contribution >= 0.6 is 0 Å². The predicted octanol–water partition coefficient (Wildman–Crippen LogP) is 2.41. The van der Waals surface area contributed by atoms with Crippen molar-refractivity contribution in [3.63, 3.8) is 0 Å². The Balaban J connectivity index is 2.13. The molecule has 5 nitrogen and oxygen atoms in total. The van der Waals surface area contributed by atoms with Gasteiger partial charge in [-0.15, -0.1) is 6.58 Å². The fourth-order valence-electron chi connectivity index (χ4n) is 2.06. The maximum Gasteiger partial charge on any atom is 0.297 e. The molecule has 1 aromatic rings. The van der Waals surface area contributed by atoms with Crippen LogP contribution in [0.4, 0.5) is 0 Å². The van der Waals surface area contributed by atoms with E-state index in [0.29, 0.717) is 19.4 Å². The third-order valence-electron chi connectivity index (χ3n) is 3.28. The Labute approximate surface area is 125 Å². The maximum absolute atomic E-state index is 12.3. The van der Waals surface area contributed by atoms with Crippen molar-refractivity contribution in [1.29, 1.82) is 0 Å². The molecular weight excluding hydrogens is 292 g/mol. The van der Waals surface area contributed by atoms with Crippen LogP contribution < -0.4 is 0 Å². The molecule has 0 spiro atoms. The van der Waals surface area contributed by atoms with Gasteiger partial charge in [-0.1, -0.05) is 23.8 Å². The van der Waals surface area contributed by atoms with E-state index < -0.39 is 16.2 Å². The van der Waals surface area contributed by atoms with Crippen molar-refractivity contribution >= 4 is 10.1 Å². The molecule has 0 bridgehead atoms. The second kappa shape index (κ2) is 7.17. The summed E-state index contributed by atoms with van der Waals surface area (Å²) in [4.78, 5) is 0.149. The van der Waals surface area contributed by atoms with E-state index in [1.54, 1.807) is 30.3 Å². The van der Waals surface area contributed by atoms with Crippen LogP contribution in [-0.2, 0) is 23.8 Å². The average molecular weight is 312 g/mol. The van der Waals surface area contributed by atoms with Gasteiger partial charge in [-0.3, -0.25) is 4.18 Å². The highest BCUT2D eigenvalue weighted by atomic mass is 32.2. The molecule has 0 amide bonds. The number of benzene rings is 1. The summed E-state index contributed by atoms with van der Waals surface area (Å²) in [5, 5.41) is 0. The zero-order valence-corrected chi connectivity index (χ0v) is 12.8. The summed E-state index contributed by atoms with van der Waals surface area (Å²) in [6.07, 6.45) is 1.95. The Morgan fingerprint density at radius 1 is 1.43 bits per heavy atom. The van der Waals surface area contributed by atoms with Crippen molar-refractivity contribution in [2.45, 2.75) is 36.9 Å². The SMILES string of the molecule is C=CCC[C@H](OS(=O)(=O)c1ccc(C)cc1)[C@@H]1COCO1. The zero-order valence-electron chi connectivity index (χ0n) is 12.0. The monoisotopic (exact) mass is 312 g/mol. The molecule has 1 saturated heterocycles. The van der Waals surface area contributed by atoms with Crippen molar-refractivity contribution in [2.24, 2.45) is 0 Å². The number of hydrogen-bond acceptors (Lipinski definition) is 5. The van der Waals surface area contributed by atoms with E-state index in [-0.39, 0.29) is 17.8 Å². The van der Waals surface area contributed by atoms with Crippen LogP contribution in [0.2, 0.25) is 0 Å². The fraction of sp³-hybridized carbons (Fsp3) is 0.467. The lowest BCUT2D eigenvalue weighted by atomic mass is 10.1. The molecule has 116 valence electrons. The molecule has 1 aliphatic rings. The molecule has 0 saturated carbocycles. The number of allylic oxidation sites excluding steroid dienone is 1. The highest BCUT2D eigenvalue weighted by Gasteiger charge is 2.31. The van der Waals surface area contributed by atoms with Crippen LogP contribution in [0.5, 0.6) is 0 Å². The van der Waals surface area contributed by atoms with E-state index >= 15 is 0 Å². The molecule has 0 unspecified atom stereocenters. The van der Waals surface area contributed by atoms with Gasteiger partial charge in [-0.2, -0.15) is 8.42 Å². The van der Waals surface area contributed by atoms with E-state index in [0.717, 1.165) is 5.56 Å². The fourth-order valence-corrected chi connectivity index (χ4v) is 3.19. The molecule has 21 heavy (non-hydrogen) atoms. The molecule has 2 atom stereocenters. The molecule has 1 aromatic carbocycles. The third-order valence-corrected chi connectivity index (χ3v) is 4.63. The topological polar surface area (TPSA) is 61.8 Å². The first-order valence-electron chi connectivity index (χ1n) is 6.83. The minimum Gasteiger partial charge on any atom is -0.353 e. The minimum absolute atomic E-state index is 0.149. The van der Waals surface area contributed by atoms with E-state index in [1.807, 2.05) is 6.92 Å². The summed E-state index contributed by atoms with van der Waals surface area (Å²) in [6, 6.07) is 6.57. The molecule has 0 aliphatic carbocycles. The molecule has 0 N–H and O–H groups in total. The van der Waals surface area contributed by atoms with Crippen LogP contribution in [0.3, 0.4) is 0 Å². The van der Waals surface area contributed by atoms with Gasteiger partial charge in [0.05, 0.1) is 11.5 Å². The molecular formula is C15H20O5S. The quantitative estimate of drug-likeness (QED) is 0.571. The summed E-state index contributed by atoms with van der Waals surface area (Å²) in [6.45, 7) is 6.05. The minimum atomic E-state index is -3.81. The Hall–Kier alpha value is -1.21. The number of hydrogen-bond donors (Lipinski definition) is 0. The van der Waals surface area contributed by atoms with Crippen molar-refractivity contribution in [2.75, 3.05) is 13.4 Å². The summed E-state index contributed by atoms with van der Waals surface area (Å²) in [7, 11) is -3.81. The Kier molecular flexibility index (Phi) is 5.52. The summed E-state index contributed by atoms with van der Waals surface area (Å²) in [5.41, 5.74) is 0.990. The molecule has 6 heteroatoms. The largest absolute Gasteiger partial charge is 0.353 e. The average Bonchev–Trinajstić information content (AvgIpc) is 2.98. The zero-order chi connectivity index (χ0) is 15.3. The highest BCUT2D eigenvalue weighted by Crippen LogP contribution is 2.22. The van der Waals surface area contributed by atoms with Crippen molar-refractivity contribution in [1.82, 2.24) is 0 Å². The smallest absolute Gasteiger partial charge is 0.297 e. The van der Waals surface area contributed by atoms with Gasteiger partial charge in [-0.25, -0.2) is 0 Å². The van der Waals surface area contributed by atoms with Crippen LogP contribution in [-0.4, -0.2) is 34.0 Å². The number of aryl methyl sites for hydroxylation is 1. The van der Waals surface area contributed by atoms with Gasteiger partial charge in [0, 0.05) is 0 Å². The standard InChI is InChI=1S/C15H20O5S/c1-3-4-5-14(15-10-18-11-19-15)20-21(16,17)13-8-6-12(2)7-9-13/h3,6-9,14-15H,1,4-5,10-11H2,2H3/t14-,15-/m0/s1. The van der Waals surface area contributed by atoms with Gasteiger partial charge in [0.25, 0.3) is 10.1 Å². The van der Waals surface area contributed by atoms with Gasteiger partial charge >= 0.3 is 0 Å². The van der Waals surface area contributed by atoms with Crippen molar-refractivity contribution in [3.05, 3.63) is 42.5 Å². The highest BCUT2D eigenvalue weighted by molar-refractivity contribution is 7.86. The summed E-state index contributed by atoms with van der Waals surface area (Å²) < 4.78 is 40.5. The molecule has 0 aromatic heterocycles. The lowest BCUT2D eigenvalue weighted by Crippen LogP contribution is -2.33. The van der Waals surface area contributed by atoms with Crippen LogP contribution in [0.15, 0.2) is 41.8 Å². The van der Waals surface area contributed by atoms with Gasteiger partial charge in [0.2, 0.25) is 0 Å². The lowest BCUT2D eigenvalue weighted by Gasteiger charge is -2.21. The normalized spacial score (nSPS) is 20.3. The second-order valence-electron chi connectivity index (χ2n) is 4.96. The second-order valence-corrected chi connectivity index (χ2v) is 6.53. The molecule has 1 heterocycles. The predicted molar refractivity (Wildman–Crippen MR) is 78.4 cm³/mol. The number of rotatable bonds is 7. The van der Waals surface area contributed by atoms with Crippen LogP contribution in [0.1, 0.15) is 18.4 Å². The summed E-state index contributed by atoms with van der Waals surface area (Å²) in [5.74, 6) is 0. The summed E-state index contributed by atoms with van der Waals surface area (Å²) >= 11 is 0. The first kappa shape index (κ1) is 16.2. The maximum atomic E-state index is 12.3. The van der Waals surface area contributed by atoms with Crippen LogP contribution in [0, 0.1) is 6.92 Å². The Morgan fingerprint density at radius 2 is 2.14 bits per heavy atom. The van der Waals surface area contributed by atoms with Crippen LogP contribution in [0.25, 0.3) is 0 Å². The third kappa shape index (κ3) is 4.38. The lowest BCUT2D eigenvalue weighted by molar-refractivity contribution is -0.00000182. The van der Waals surface area contributed by atoms with E-state index in [9.17, 15) is 8.42 Å². The first-order valence-corrected chi connectivity index (χ1v) is 8.24. The molecule has 1 aliphatic heterocycles. The van der Waals surface area contributed by atoms with E-state index in [1.165, 1.54) is 0 Å². The van der Waals surface area contributed by atoms with Crippen molar-refractivity contribution < 1.29 is 22.1 Å². The van der Waals surface area contributed by atoms with Gasteiger partial charge in [0.1, 0.15) is 19.0 Å². The first-order chi connectivity index (χ1) is 10.0. The number of ether oxygens (including phenoxy) is 2. The Bertz CT molecular complexity index is 558. The molecule has 1 fully saturated rings. The van der Waals surface area contributed by atoms with Crippen molar-refractivity contribution in [3.8, 4) is 0 Å².